The van der Waals surface area contributed by atoms with Gasteiger partial charge in [-0.25, -0.2) is 0 Å². The first-order valence-corrected chi connectivity index (χ1v) is 9.33. The molecule has 0 spiro atoms. The lowest BCUT2D eigenvalue weighted by Gasteiger charge is -2.37. The van der Waals surface area contributed by atoms with Crippen LogP contribution in [0.4, 0.5) is 11.4 Å². The Morgan fingerprint density at radius 3 is 2.67 bits per heavy atom. The van der Waals surface area contributed by atoms with E-state index in [4.69, 9.17) is 16.3 Å². The standard InChI is InChI=1S/C20H20ClN3O3/c21-14-4-3-5-15(12-14)23-8-10-24(11-9-23)19(25)13-18-20(26)22-16-6-1-2-7-17(16)27-18/h1-7,12,18H,8-11,13H2,(H,22,26). The molecule has 1 saturated heterocycles. The van der Waals surface area contributed by atoms with Crippen LogP contribution in [0, 0.1) is 0 Å². The highest BCUT2D eigenvalue weighted by molar-refractivity contribution is 6.30. The topological polar surface area (TPSA) is 61.9 Å². The summed E-state index contributed by atoms with van der Waals surface area (Å²) in [6, 6.07) is 14.9. The molecule has 1 atom stereocenters. The Morgan fingerprint density at radius 1 is 1.11 bits per heavy atom. The second-order valence-corrected chi connectivity index (χ2v) is 7.08. The second kappa shape index (κ2) is 7.48. The van der Waals surface area contributed by atoms with E-state index in [1.165, 1.54) is 0 Å². The summed E-state index contributed by atoms with van der Waals surface area (Å²) >= 11 is 6.06. The highest BCUT2D eigenvalue weighted by atomic mass is 35.5. The predicted molar refractivity (Wildman–Crippen MR) is 104 cm³/mol. The molecule has 2 aromatic rings. The van der Waals surface area contributed by atoms with Gasteiger partial charge in [-0.15, -0.1) is 0 Å². The van der Waals surface area contributed by atoms with Crippen molar-refractivity contribution in [2.45, 2.75) is 12.5 Å². The van der Waals surface area contributed by atoms with E-state index in [0.29, 0.717) is 29.5 Å². The largest absolute Gasteiger partial charge is 0.478 e. The third-order valence-corrected chi connectivity index (χ3v) is 5.11. The number of hydrogen-bond acceptors (Lipinski definition) is 4. The van der Waals surface area contributed by atoms with Crippen LogP contribution in [-0.4, -0.2) is 49.0 Å². The van der Waals surface area contributed by atoms with Crippen molar-refractivity contribution in [3.8, 4) is 5.75 Å². The molecule has 1 unspecified atom stereocenters. The van der Waals surface area contributed by atoms with Gasteiger partial charge in [-0.2, -0.15) is 0 Å². The fourth-order valence-corrected chi connectivity index (χ4v) is 3.59. The first-order chi connectivity index (χ1) is 13.1. The number of carbonyl (C=O) groups is 2. The number of carbonyl (C=O) groups excluding carboxylic acids is 2. The molecule has 2 aromatic carbocycles. The highest BCUT2D eigenvalue weighted by Crippen LogP contribution is 2.30. The van der Waals surface area contributed by atoms with Crippen LogP contribution in [0.5, 0.6) is 5.75 Å². The Morgan fingerprint density at radius 2 is 1.89 bits per heavy atom. The fraction of sp³-hybridized carbons (Fsp3) is 0.300. The average Bonchev–Trinajstić information content (AvgIpc) is 2.68. The van der Waals surface area contributed by atoms with Gasteiger partial charge in [-0.05, 0) is 30.3 Å². The zero-order valence-corrected chi connectivity index (χ0v) is 15.5. The van der Waals surface area contributed by atoms with Crippen LogP contribution in [0.1, 0.15) is 6.42 Å². The number of amides is 2. The number of fused-ring (bicyclic) bond motifs is 1. The molecule has 0 aliphatic carbocycles. The number of nitrogens with one attached hydrogen (secondary N) is 1. The summed E-state index contributed by atoms with van der Waals surface area (Å²) in [6.07, 6.45) is -0.754. The third kappa shape index (κ3) is 3.85. The summed E-state index contributed by atoms with van der Waals surface area (Å²) in [7, 11) is 0. The highest BCUT2D eigenvalue weighted by Gasteiger charge is 2.32. The Labute approximate surface area is 162 Å². The van der Waals surface area contributed by atoms with Gasteiger partial charge in [0.05, 0.1) is 12.1 Å². The molecule has 2 heterocycles. The SMILES string of the molecule is O=C1Nc2ccccc2OC1CC(=O)N1CCN(c2cccc(Cl)c2)CC1. The van der Waals surface area contributed by atoms with Gasteiger partial charge in [0.2, 0.25) is 5.91 Å². The average molecular weight is 386 g/mol. The van der Waals surface area contributed by atoms with Crippen molar-refractivity contribution in [2.24, 2.45) is 0 Å². The van der Waals surface area contributed by atoms with E-state index in [2.05, 4.69) is 10.2 Å². The Balaban J connectivity index is 1.34. The number of nitrogens with zero attached hydrogens (tertiary/aromatic N) is 2. The summed E-state index contributed by atoms with van der Waals surface area (Å²) < 4.78 is 5.72. The van der Waals surface area contributed by atoms with E-state index in [1.807, 2.05) is 36.4 Å². The van der Waals surface area contributed by atoms with Crippen LogP contribution in [-0.2, 0) is 9.59 Å². The van der Waals surface area contributed by atoms with Gasteiger partial charge in [0.1, 0.15) is 5.75 Å². The lowest BCUT2D eigenvalue weighted by molar-refractivity contribution is -0.137. The van der Waals surface area contributed by atoms with Gasteiger partial charge in [-0.3, -0.25) is 9.59 Å². The lowest BCUT2D eigenvalue weighted by atomic mass is 10.1. The number of anilines is 2. The van der Waals surface area contributed by atoms with Crippen molar-refractivity contribution in [3.05, 3.63) is 53.6 Å². The monoisotopic (exact) mass is 385 g/mol. The van der Waals surface area contributed by atoms with Crippen LogP contribution < -0.4 is 15.0 Å². The number of piperazine rings is 1. The van der Waals surface area contributed by atoms with E-state index >= 15 is 0 Å². The van der Waals surface area contributed by atoms with Gasteiger partial charge in [0, 0.05) is 36.9 Å². The zero-order chi connectivity index (χ0) is 18.8. The van der Waals surface area contributed by atoms with Crippen LogP contribution in [0.2, 0.25) is 5.02 Å². The molecule has 2 aliphatic heterocycles. The number of hydrogen-bond donors (Lipinski definition) is 1. The molecule has 6 nitrogen and oxygen atoms in total. The molecule has 140 valence electrons. The van der Waals surface area contributed by atoms with Crippen LogP contribution in [0.25, 0.3) is 0 Å². The van der Waals surface area contributed by atoms with E-state index in [1.54, 1.807) is 17.0 Å². The smallest absolute Gasteiger partial charge is 0.266 e. The maximum atomic E-state index is 12.6. The first kappa shape index (κ1) is 17.7. The summed E-state index contributed by atoms with van der Waals surface area (Å²) in [5.41, 5.74) is 1.70. The molecule has 4 rings (SSSR count). The molecule has 1 N–H and O–H groups in total. The first-order valence-electron chi connectivity index (χ1n) is 8.95. The molecule has 0 bridgehead atoms. The fourth-order valence-electron chi connectivity index (χ4n) is 3.40. The minimum atomic E-state index is -0.793. The van der Waals surface area contributed by atoms with Crippen molar-refractivity contribution in [3.63, 3.8) is 0 Å². The molecule has 2 aliphatic rings. The third-order valence-electron chi connectivity index (χ3n) is 4.87. The van der Waals surface area contributed by atoms with Crippen molar-refractivity contribution in [1.29, 1.82) is 0 Å². The second-order valence-electron chi connectivity index (χ2n) is 6.64. The van der Waals surface area contributed by atoms with Crippen LogP contribution >= 0.6 is 11.6 Å². The number of ether oxygens (including phenoxy) is 1. The molecule has 0 saturated carbocycles. The quantitative estimate of drug-likeness (QED) is 0.882. The molecule has 7 heteroatoms. The lowest BCUT2D eigenvalue weighted by Crippen LogP contribution is -2.50. The Kier molecular flexibility index (Phi) is 4.90. The molecule has 2 amide bonds. The summed E-state index contributed by atoms with van der Waals surface area (Å²) in [4.78, 5) is 28.9. The number of para-hydroxylation sites is 2. The van der Waals surface area contributed by atoms with Crippen molar-refractivity contribution < 1.29 is 14.3 Å². The van der Waals surface area contributed by atoms with Gasteiger partial charge >= 0.3 is 0 Å². The van der Waals surface area contributed by atoms with Gasteiger partial charge in [-0.1, -0.05) is 29.8 Å². The van der Waals surface area contributed by atoms with Crippen LogP contribution in [0.3, 0.4) is 0 Å². The number of benzene rings is 2. The molecule has 1 fully saturated rings. The summed E-state index contributed by atoms with van der Waals surface area (Å²) in [5, 5.41) is 3.50. The molecular weight excluding hydrogens is 366 g/mol. The number of rotatable bonds is 3. The maximum absolute atomic E-state index is 12.6. The number of halogens is 1. The van der Waals surface area contributed by atoms with E-state index in [0.717, 1.165) is 18.8 Å². The van der Waals surface area contributed by atoms with Gasteiger partial charge in [0.25, 0.3) is 5.91 Å². The Bertz CT molecular complexity index is 865. The summed E-state index contributed by atoms with van der Waals surface area (Å²) in [6.45, 7) is 2.67. The van der Waals surface area contributed by atoms with Crippen molar-refractivity contribution in [2.75, 3.05) is 36.4 Å². The minimum absolute atomic E-state index is 0.0390. The molecule has 0 radical (unpaired) electrons. The molecule has 27 heavy (non-hydrogen) atoms. The van der Waals surface area contributed by atoms with E-state index < -0.39 is 6.10 Å². The van der Waals surface area contributed by atoms with Crippen LogP contribution in [0.15, 0.2) is 48.5 Å². The summed E-state index contributed by atoms with van der Waals surface area (Å²) in [5.74, 6) is 0.251. The minimum Gasteiger partial charge on any atom is -0.478 e. The zero-order valence-electron chi connectivity index (χ0n) is 14.7. The molecule has 0 aromatic heterocycles. The van der Waals surface area contributed by atoms with Crippen molar-refractivity contribution >= 4 is 34.8 Å². The van der Waals surface area contributed by atoms with Crippen molar-refractivity contribution in [1.82, 2.24) is 4.90 Å². The maximum Gasteiger partial charge on any atom is 0.266 e. The Hall–Kier alpha value is -2.73. The molecular formula is C20H20ClN3O3. The van der Waals surface area contributed by atoms with Gasteiger partial charge < -0.3 is 19.9 Å². The normalized spacial score (nSPS) is 19.1. The van der Waals surface area contributed by atoms with E-state index in [-0.39, 0.29) is 18.2 Å². The van der Waals surface area contributed by atoms with Gasteiger partial charge in [0.15, 0.2) is 6.10 Å². The van der Waals surface area contributed by atoms with E-state index in [9.17, 15) is 9.59 Å². The predicted octanol–water partition coefficient (Wildman–Crippen LogP) is 2.78.